The molecule has 0 spiro atoms. The highest BCUT2D eigenvalue weighted by Gasteiger charge is 2.12. The Morgan fingerprint density at radius 1 is 0.778 bits per heavy atom. The molecule has 0 saturated carbocycles. The van der Waals surface area contributed by atoms with E-state index in [1.165, 1.54) is 57.9 Å². The van der Waals surface area contributed by atoms with Gasteiger partial charge in [0, 0.05) is 6.04 Å². The molecule has 18 heavy (non-hydrogen) atoms. The summed E-state index contributed by atoms with van der Waals surface area (Å²) in [6.07, 6.45) is 11.4. The first-order chi connectivity index (χ1) is 8.57. The summed E-state index contributed by atoms with van der Waals surface area (Å²) in [7, 11) is 0. The van der Waals surface area contributed by atoms with Crippen LogP contribution in [0.5, 0.6) is 0 Å². The maximum atomic E-state index is 3.60. The molecule has 0 rings (SSSR count). The van der Waals surface area contributed by atoms with Crippen LogP contribution in [0.15, 0.2) is 0 Å². The van der Waals surface area contributed by atoms with Gasteiger partial charge in [-0.1, -0.05) is 79.6 Å². The fraction of sp³-hybridized carbons (Fsp3) is 1.00. The van der Waals surface area contributed by atoms with E-state index in [-0.39, 0.29) is 0 Å². The van der Waals surface area contributed by atoms with E-state index in [9.17, 15) is 0 Å². The van der Waals surface area contributed by atoms with Crippen molar-refractivity contribution in [3.63, 3.8) is 0 Å². The van der Waals surface area contributed by atoms with Gasteiger partial charge in [0.15, 0.2) is 0 Å². The van der Waals surface area contributed by atoms with Crippen molar-refractivity contribution in [1.29, 1.82) is 0 Å². The van der Waals surface area contributed by atoms with Crippen LogP contribution in [0.1, 0.15) is 86.0 Å². The van der Waals surface area contributed by atoms with Crippen molar-refractivity contribution in [1.82, 2.24) is 5.32 Å². The smallest absolute Gasteiger partial charge is 0.00104 e. The van der Waals surface area contributed by atoms with Crippen molar-refractivity contribution >= 4 is 0 Å². The molecule has 1 N–H and O–H groups in total. The highest BCUT2D eigenvalue weighted by atomic mass is 14.9. The number of hydrogen-bond acceptors (Lipinski definition) is 1. The van der Waals surface area contributed by atoms with Crippen molar-refractivity contribution in [3.05, 3.63) is 0 Å². The lowest BCUT2D eigenvalue weighted by Gasteiger charge is -2.22. The van der Waals surface area contributed by atoms with Gasteiger partial charge in [-0.25, -0.2) is 0 Å². The Morgan fingerprint density at radius 3 is 1.83 bits per heavy atom. The molecule has 0 aromatic carbocycles. The number of nitrogens with one attached hydrogen (secondary N) is 1. The van der Waals surface area contributed by atoms with Gasteiger partial charge in [0.05, 0.1) is 0 Å². The van der Waals surface area contributed by atoms with Crippen LogP contribution >= 0.6 is 0 Å². The zero-order valence-electron chi connectivity index (χ0n) is 13.6. The van der Waals surface area contributed by atoms with Crippen LogP contribution < -0.4 is 5.32 Å². The lowest BCUT2D eigenvalue weighted by atomic mass is 9.90. The summed E-state index contributed by atoms with van der Waals surface area (Å²) < 4.78 is 0. The Bertz CT molecular complexity index is 163. The second kappa shape index (κ2) is 12.0. The molecule has 0 bridgehead atoms. The predicted molar refractivity (Wildman–Crippen MR) is 84.1 cm³/mol. The van der Waals surface area contributed by atoms with Gasteiger partial charge in [-0.2, -0.15) is 0 Å². The monoisotopic (exact) mass is 255 g/mol. The second-order valence-corrected chi connectivity index (χ2v) is 6.48. The third-order valence-electron chi connectivity index (χ3n) is 3.91. The topological polar surface area (TPSA) is 12.0 Å². The fourth-order valence-corrected chi connectivity index (χ4v) is 2.42. The molecule has 0 fully saturated rings. The number of unbranched alkanes of at least 4 members (excludes halogenated alkanes) is 6. The highest BCUT2D eigenvalue weighted by Crippen LogP contribution is 2.19. The first-order valence-electron chi connectivity index (χ1n) is 8.31. The molecule has 0 saturated heterocycles. The van der Waals surface area contributed by atoms with Crippen LogP contribution in [0.2, 0.25) is 0 Å². The highest BCUT2D eigenvalue weighted by molar-refractivity contribution is 4.68. The number of hydrogen-bond donors (Lipinski definition) is 1. The van der Waals surface area contributed by atoms with Crippen LogP contribution in [-0.2, 0) is 0 Å². The molecule has 0 aliphatic carbocycles. The van der Waals surface area contributed by atoms with E-state index < -0.39 is 0 Å². The van der Waals surface area contributed by atoms with Crippen LogP contribution in [0, 0.1) is 11.8 Å². The van der Waals surface area contributed by atoms with Gasteiger partial charge in [-0.3, -0.25) is 0 Å². The minimum absolute atomic E-state index is 0.625. The maximum absolute atomic E-state index is 3.60. The van der Waals surface area contributed by atoms with E-state index in [4.69, 9.17) is 0 Å². The number of rotatable bonds is 12. The molecular weight excluding hydrogens is 218 g/mol. The van der Waals surface area contributed by atoms with Gasteiger partial charge in [0.25, 0.3) is 0 Å². The summed E-state index contributed by atoms with van der Waals surface area (Å²) in [5, 5.41) is 3.60. The van der Waals surface area contributed by atoms with Gasteiger partial charge in [0.1, 0.15) is 0 Å². The summed E-state index contributed by atoms with van der Waals surface area (Å²) in [6, 6.07) is 0.625. The molecule has 0 aliphatic heterocycles. The van der Waals surface area contributed by atoms with E-state index in [1.54, 1.807) is 0 Å². The quantitative estimate of drug-likeness (QED) is 0.461. The van der Waals surface area contributed by atoms with Crippen LogP contribution in [0.3, 0.4) is 0 Å². The van der Waals surface area contributed by atoms with Gasteiger partial charge in [-0.05, 0) is 24.8 Å². The van der Waals surface area contributed by atoms with Gasteiger partial charge < -0.3 is 5.32 Å². The summed E-state index contributed by atoms with van der Waals surface area (Å²) in [6.45, 7) is 12.7. The van der Waals surface area contributed by atoms with Gasteiger partial charge in [0.2, 0.25) is 0 Å². The third kappa shape index (κ3) is 11.1. The normalized spacial score (nSPS) is 13.5. The average Bonchev–Trinajstić information content (AvgIpc) is 2.31. The van der Waals surface area contributed by atoms with Gasteiger partial charge >= 0.3 is 0 Å². The molecule has 0 aliphatic rings. The maximum Gasteiger partial charge on any atom is 0.00104 e. The van der Waals surface area contributed by atoms with Crippen molar-refractivity contribution in [2.75, 3.05) is 6.54 Å². The first kappa shape index (κ1) is 18.0. The zero-order chi connectivity index (χ0) is 13.8. The first-order valence-corrected chi connectivity index (χ1v) is 8.31. The molecule has 1 nitrogen and oxygen atoms in total. The molecule has 0 heterocycles. The Kier molecular flexibility index (Phi) is 12.0. The fourth-order valence-electron chi connectivity index (χ4n) is 2.42. The largest absolute Gasteiger partial charge is 0.314 e. The Labute approximate surface area is 116 Å². The molecular formula is C17H37N. The lowest BCUT2D eigenvalue weighted by molar-refractivity contribution is 0.320. The predicted octanol–water partition coefficient (Wildman–Crippen LogP) is 5.40. The Morgan fingerprint density at radius 2 is 1.33 bits per heavy atom. The molecule has 1 atom stereocenters. The van der Waals surface area contributed by atoms with Crippen molar-refractivity contribution in [3.8, 4) is 0 Å². The van der Waals surface area contributed by atoms with Crippen LogP contribution in [0.25, 0.3) is 0 Å². The Balaban J connectivity index is 3.52. The van der Waals surface area contributed by atoms with Crippen LogP contribution in [0.4, 0.5) is 0 Å². The minimum Gasteiger partial charge on any atom is -0.314 e. The molecule has 110 valence electrons. The average molecular weight is 255 g/mol. The SMILES string of the molecule is CCCCCCCCCC(CNC(C)C)C(C)C. The molecule has 0 aromatic heterocycles. The molecule has 0 aromatic rings. The molecule has 0 radical (unpaired) electrons. The summed E-state index contributed by atoms with van der Waals surface area (Å²) in [4.78, 5) is 0. The van der Waals surface area contributed by atoms with E-state index >= 15 is 0 Å². The van der Waals surface area contributed by atoms with Crippen LogP contribution in [-0.4, -0.2) is 12.6 Å². The van der Waals surface area contributed by atoms with E-state index in [2.05, 4.69) is 39.9 Å². The standard InChI is InChI=1S/C17H37N/c1-6-7-8-9-10-11-12-13-17(15(2)3)14-18-16(4)5/h15-18H,6-14H2,1-5H3. The minimum atomic E-state index is 0.625. The second-order valence-electron chi connectivity index (χ2n) is 6.48. The van der Waals surface area contributed by atoms with E-state index in [1.807, 2.05) is 0 Å². The summed E-state index contributed by atoms with van der Waals surface area (Å²) in [5.74, 6) is 1.68. The van der Waals surface area contributed by atoms with E-state index in [0.29, 0.717) is 6.04 Å². The van der Waals surface area contributed by atoms with E-state index in [0.717, 1.165) is 11.8 Å². The zero-order valence-corrected chi connectivity index (χ0v) is 13.6. The molecule has 0 amide bonds. The van der Waals surface area contributed by atoms with Crippen molar-refractivity contribution < 1.29 is 0 Å². The van der Waals surface area contributed by atoms with Crippen molar-refractivity contribution in [2.24, 2.45) is 11.8 Å². The third-order valence-corrected chi connectivity index (χ3v) is 3.91. The summed E-state index contributed by atoms with van der Waals surface area (Å²) in [5.41, 5.74) is 0. The molecule has 1 heteroatoms. The van der Waals surface area contributed by atoms with Crippen molar-refractivity contribution in [2.45, 2.75) is 92.0 Å². The summed E-state index contributed by atoms with van der Waals surface area (Å²) >= 11 is 0. The Hall–Kier alpha value is -0.0400. The molecule has 1 unspecified atom stereocenters. The van der Waals surface area contributed by atoms with Gasteiger partial charge in [-0.15, -0.1) is 0 Å². The lowest BCUT2D eigenvalue weighted by Crippen LogP contribution is -2.31.